The lowest BCUT2D eigenvalue weighted by molar-refractivity contribution is -0.115. The van der Waals surface area contributed by atoms with Crippen LogP contribution in [0, 0.1) is 11.3 Å². The first-order valence-electron chi connectivity index (χ1n) is 6.48. The van der Waals surface area contributed by atoms with E-state index in [4.69, 9.17) is 21.6 Å². The average Bonchev–Trinajstić information content (AvgIpc) is 2.53. The fraction of sp³-hybridized carbons (Fsp3) is 0.0625. The van der Waals surface area contributed by atoms with E-state index < -0.39 is 17.6 Å². The summed E-state index contributed by atoms with van der Waals surface area (Å²) < 4.78 is 5.10. The second kappa shape index (κ2) is 7.29. The zero-order valence-corrected chi connectivity index (χ0v) is 12.5. The number of ether oxygens (including phenoxy) is 1. The molecule has 2 aromatic rings. The molecule has 0 heterocycles. The van der Waals surface area contributed by atoms with Crippen LogP contribution >= 0.6 is 11.6 Å². The molecular formula is C16H11ClN2O4. The van der Waals surface area contributed by atoms with Crippen LogP contribution in [0.5, 0.6) is 11.5 Å². The molecule has 2 rings (SSSR count). The van der Waals surface area contributed by atoms with Crippen LogP contribution < -0.4 is 10.1 Å². The second-order valence-electron chi connectivity index (χ2n) is 4.44. The van der Waals surface area contributed by atoms with Crippen molar-refractivity contribution in [2.45, 2.75) is 6.42 Å². The number of halogens is 1. The summed E-state index contributed by atoms with van der Waals surface area (Å²) in [5.41, 5.74) is 0.246. The van der Waals surface area contributed by atoms with E-state index >= 15 is 0 Å². The predicted molar refractivity (Wildman–Crippen MR) is 83.4 cm³/mol. The Bertz CT molecular complexity index is 785. The van der Waals surface area contributed by atoms with Gasteiger partial charge in [0.2, 0.25) is 5.91 Å². The van der Waals surface area contributed by atoms with Crippen LogP contribution in [0.25, 0.3) is 0 Å². The predicted octanol–water partition coefficient (Wildman–Crippen LogP) is 3.12. The lowest BCUT2D eigenvalue weighted by Crippen LogP contribution is -2.12. The number of hydrogen-bond donors (Lipinski definition) is 2. The first-order valence-corrected chi connectivity index (χ1v) is 6.85. The molecule has 0 aliphatic rings. The molecule has 0 aliphatic heterocycles. The van der Waals surface area contributed by atoms with Crippen LogP contribution in [-0.4, -0.2) is 17.0 Å². The van der Waals surface area contributed by atoms with Gasteiger partial charge in [0.25, 0.3) is 0 Å². The fourth-order valence-corrected chi connectivity index (χ4v) is 1.95. The summed E-state index contributed by atoms with van der Waals surface area (Å²) in [4.78, 5) is 23.4. The lowest BCUT2D eigenvalue weighted by atomic mass is 10.2. The maximum absolute atomic E-state index is 12.0. The Morgan fingerprint density at radius 3 is 2.61 bits per heavy atom. The smallest absolute Gasteiger partial charge is 0.343 e. The maximum Gasteiger partial charge on any atom is 0.343 e. The largest absolute Gasteiger partial charge is 0.503 e. The van der Waals surface area contributed by atoms with Crippen molar-refractivity contribution in [3.63, 3.8) is 0 Å². The number of hydrogen-bond acceptors (Lipinski definition) is 5. The third-order valence-corrected chi connectivity index (χ3v) is 2.98. The Labute approximate surface area is 136 Å². The number of phenolic OH excluding ortho intramolecular Hbond substituents is 1. The van der Waals surface area contributed by atoms with Crippen molar-refractivity contribution >= 4 is 29.2 Å². The molecule has 2 aromatic carbocycles. The maximum atomic E-state index is 12.0. The molecule has 7 heteroatoms. The second-order valence-corrected chi connectivity index (χ2v) is 4.88. The summed E-state index contributed by atoms with van der Waals surface area (Å²) in [5.74, 6) is -1.95. The van der Waals surface area contributed by atoms with Crippen molar-refractivity contribution in [2.24, 2.45) is 0 Å². The number of nitriles is 1. The third-order valence-electron chi connectivity index (χ3n) is 2.77. The number of carbonyl (C=O) groups excluding carboxylic acids is 2. The fourth-order valence-electron chi connectivity index (χ4n) is 1.75. The number of carbonyl (C=O) groups is 2. The molecule has 0 bridgehead atoms. The summed E-state index contributed by atoms with van der Waals surface area (Å²) in [7, 11) is 0. The molecule has 23 heavy (non-hydrogen) atoms. The van der Waals surface area contributed by atoms with E-state index in [2.05, 4.69) is 5.32 Å². The number of nitrogens with zero attached hydrogens (tertiary/aromatic N) is 1. The number of nitrogens with one attached hydrogen (secondary N) is 1. The van der Waals surface area contributed by atoms with Gasteiger partial charge in [0, 0.05) is 11.1 Å². The first kappa shape index (κ1) is 16.3. The Kier molecular flexibility index (Phi) is 5.18. The summed E-state index contributed by atoms with van der Waals surface area (Å²) >= 11 is 5.89. The summed E-state index contributed by atoms with van der Waals surface area (Å²) in [5, 5.41) is 21.0. The van der Waals surface area contributed by atoms with Crippen molar-refractivity contribution in [1.82, 2.24) is 0 Å². The van der Waals surface area contributed by atoms with Crippen molar-refractivity contribution in [1.29, 1.82) is 5.26 Å². The van der Waals surface area contributed by atoms with Gasteiger partial charge in [-0.1, -0.05) is 29.8 Å². The molecule has 1 amide bonds. The zero-order chi connectivity index (χ0) is 16.8. The topological polar surface area (TPSA) is 99.4 Å². The monoisotopic (exact) mass is 330 g/mol. The number of anilines is 1. The molecular weight excluding hydrogens is 320 g/mol. The van der Waals surface area contributed by atoms with Crippen LogP contribution in [0.4, 0.5) is 5.69 Å². The van der Waals surface area contributed by atoms with Crippen molar-refractivity contribution < 1.29 is 19.4 Å². The van der Waals surface area contributed by atoms with E-state index in [1.165, 1.54) is 12.1 Å². The zero-order valence-electron chi connectivity index (χ0n) is 11.7. The van der Waals surface area contributed by atoms with Gasteiger partial charge in [0.05, 0.1) is 17.3 Å². The van der Waals surface area contributed by atoms with Gasteiger partial charge in [-0.05, 0) is 18.2 Å². The van der Waals surface area contributed by atoms with E-state index in [0.29, 0.717) is 5.56 Å². The van der Waals surface area contributed by atoms with Crippen LogP contribution in [0.3, 0.4) is 0 Å². The molecule has 0 saturated carbocycles. The van der Waals surface area contributed by atoms with E-state index in [0.717, 1.165) is 0 Å². The van der Waals surface area contributed by atoms with Gasteiger partial charge in [0.15, 0.2) is 11.5 Å². The molecule has 0 aliphatic carbocycles. The summed E-state index contributed by atoms with van der Waals surface area (Å²) in [6, 6.07) is 12.4. The van der Waals surface area contributed by atoms with E-state index in [9.17, 15) is 14.7 Å². The molecule has 0 atom stereocenters. The Morgan fingerprint density at radius 2 is 1.96 bits per heavy atom. The first-order chi connectivity index (χ1) is 11.0. The van der Waals surface area contributed by atoms with E-state index in [-0.39, 0.29) is 22.9 Å². The van der Waals surface area contributed by atoms with Gasteiger partial charge < -0.3 is 15.2 Å². The molecule has 0 saturated heterocycles. The minimum absolute atomic E-state index is 0.0476. The SMILES string of the molecule is N#CCC(=O)Nc1cc(Cl)cc(OC(=O)c2ccccc2)c1O. The Balaban J connectivity index is 2.26. The number of esters is 1. The third kappa shape index (κ3) is 4.22. The van der Waals surface area contributed by atoms with Gasteiger partial charge in [-0.3, -0.25) is 4.79 Å². The highest BCUT2D eigenvalue weighted by atomic mass is 35.5. The minimum atomic E-state index is -0.683. The van der Waals surface area contributed by atoms with Crippen LogP contribution in [0.1, 0.15) is 16.8 Å². The van der Waals surface area contributed by atoms with Crippen LogP contribution in [-0.2, 0) is 4.79 Å². The molecule has 0 fully saturated rings. The number of aromatic hydroxyl groups is 1. The normalized spacial score (nSPS) is 9.74. The molecule has 0 radical (unpaired) electrons. The Hall–Kier alpha value is -3.04. The Morgan fingerprint density at radius 1 is 1.26 bits per heavy atom. The molecule has 2 N–H and O–H groups in total. The van der Waals surface area contributed by atoms with E-state index in [1.807, 2.05) is 0 Å². The molecule has 0 spiro atoms. The van der Waals surface area contributed by atoms with Crippen LogP contribution in [0.2, 0.25) is 5.02 Å². The number of benzene rings is 2. The number of phenols is 1. The summed E-state index contributed by atoms with van der Waals surface area (Å²) in [6.07, 6.45) is -0.384. The van der Waals surface area contributed by atoms with Gasteiger partial charge in [0.1, 0.15) is 6.42 Å². The van der Waals surface area contributed by atoms with Gasteiger partial charge in [-0.25, -0.2) is 4.79 Å². The highest BCUT2D eigenvalue weighted by molar-refractivity contribution is 6.31. The lowest BCUT2D eigenvalue weighted by Gasteiger charge is -2.11. The van der Waals surface area contributed by atoms with Gasteiger partial charge in [-0.15, -0.1) is 0 Å². The highest BCUT2D eigenvalue weighted by Crippen LogP contribution is 2.37. The van der Waals surface area contributed by atoms with Crippen molar-refractivity contribution in [3.05, 3.63) is 53.1 Å². The molecule has 0 unspecified atom stereocenters. The standard InChI is InChI=1S/C16H11ClN2O4/c17-11-8-12(19-14(20)6-7-18)15(21)13(9-11)23-16(22)10-4-2-1-3-5-10/h1-5,8-9,21H,6H2,(H,19,20). The number of rotatable bonds is 4. The quantitative estimate of drug-likeness (QED) is 0.509. The van der Waals surface area contributed by atoms with Crippen molar-refractivity contribution in [2.75, 3.05) is 5.32 Å². The van der Waals surface area contributed by atoms with Crippen LogP contribution in [0.15, 0.2) is 42.5 Å². The van der Waals surface area contributed by atoms with Gasteiger partial charge >= 0.3 is 5.97 Å². The van der Waals surface area contributed by atoms with Gasteiger partial charge in [-0.2, -0.15) is 5.26 Å². The minimum Gasteiger partial charge on any atom is -0.503 e. The summed E-state index contributed by atoms with van der Waals surface area (Å²) in [6.45, 7) is 0. The molecule has 116 valence electrons. The molecule has 0 aromatic heterocycles. The van der Waals surface area contributed by atoms with Crippen molar-refractivity contribution in [3.8, 4) is 17.6 Å². The highest BCUT2D eigenvalue weighted by Gasteiger charge is 2.17. The number of amides is 1. The average molecular weight is 331 g/mol. The molecule has 6 nitrogen and oxygen atoms in total. The van der Waals surface area contributed by atoms with E-state index in [1.54, 1.807) is 36.4 Å².